The van der Waals surface area contributed by atoms with Gasteiger partial charge in [0.25, 0.3) is 0 Å². The van der Waals surface area contributed by atoms with Crippen molar-refractivity contribution in [1.29, 1.82) is 0 Å². The summed E-state index contributed by atoms with van der Waals surface area (Å²) in [6, 6.07) is 0. The summed E-state index contributed by atoms with van der Waals surface area (Å²) in [5.41, 5.74) is 0. The molecule has 12 heavy (non-hydrogen) atoms. The summed E-state index contributed by atoms with van der Waals surface area (Å²) >= 11 is 0. The second kappa shape index (κ2) is 7.53. The van der Waals surface area contributed by atoms with Gasteiger partial charge in [-0.2, -0.15) is 0 Å². The highest BCUT2D eigenvalue weighted by Gasteiger charge is 2.03. The minimum atomic E-state index is -0.483. The van der Waals surface area contributed by atoms with Gasteiger partial charge in [0.1, 0.15) is 6.10 Å². The molecule has 0 unspecified atom stereocenters. The summed E-state index contributed by atoms with van der Waals surface area (Å²) in [7, 11) is 0. The topological polar surface area (TPSA) is 38.7 Å². The monoisotopic (exact) mass is 176 g/mol. The lowest BCUT2D eigenvalue weighted by atomic mass is 10.2. The van der Waals surface area contributed by atoms with Crippen LogP contribution >= 0.6 is 0 Å². The quantitative estimate of drug-likeness (QED) is 0.630. The lowest BCUT2D eigenvalue weighted by molar-refractivity contribution is -0.0214. The van der Waals surface area contributed by atoms with Gasteiger partial charge in [-0.25, -0.2) is 0 Å². The van der Waals surface area contributed by atoms with Crippen LogP contribution in [0.1, 0.15) is 20.8 Å². The second-order valence-electron chi connectivity index (χ2n) is 3.24. The first-order valence-electron chi connectivity index (χ1n) is 4.50. The smallest absolute Gasteiger partial charge is 0.101 e. The molecule has 0 radical (unpaired) electrons. The second-order valence-corrected chi connectivity index (χ2v) is 3.24. The van der Waals surface area contributed by atoms with Crippen molar-refractivity contribution in [3.63, 3.8) is 0 Å². The Labute approximate surface area is 74.7 Å². The summed E-state index contributed by atoms with van der Waals surface area (Å²) in [6.45, 7) is 8.14. The molecule has 74 valence electrons. The van der Waals surface area contributed by atoms with Gasteiger partial charge < -0.3 is 14.6 Å². The molecule has 1 atom stereocenters. The fraction of sp³-hybridized carbons (Fsp3) is 1.00. The summed E-state index contributed by atoms with van der Waals surface area (Å²) in [5.74, 6) is 0.518. The van der Waals surface area contributed by atoms with Gasteiger partial charge >= 0.3 is 0 Å². The molecule has 0 heterocycles. The molecule has 0 aromatic rings. The first kappa shape index (κ1) is 11.9. The van der Waals surface area contributed by atoms with Crippen LogP contribution in [0.4, 0.5) is 0 Å². The van der Waals surface area contributed by atoms with Crippen LogP contribution in [-0.2, 0) is 9.47 Å². The minimum Gasteiger partial charge on any atom is -0.388 e. The van der Waals surface area contributed by atoms with E-state index in [2.05, 4.69) is 13.8 Å². The van der Waals surface area contributed by atoms with Crippen molar-refractivity contribution in [3.05, 3.63) is 0 Å². The molecule has 0 saturated carbocycles. The molecular weight excluding hydrogens is 156 g/mol. The number of aliphatic hydroxyl groups is 1. The van der Waals surface area contributed by atoms with E-state index in [-0.39, 0.29) is 0 Å². The number of ether oxygens (including phenoxy) is 2. The Balaban J connectivity index is 3.13. The molecule has 0 saturated heterocycles. The highest BCUT2D eigenvalue weighted by atomic mass is 16.5. The van der Waals surface area contributed by atoms with Crippen molar-refractivity contribution in [3.8, 4) is 0 Å². The van der Waals surface area contributed by atoms with Crippen molar-refractivity contribution in [2.24, 2.45) is 5.92 Å². The standard InChI is InChI=1S/C9H20O3/c1-4-11-6-9(10)7-12-5-8(2)3/h8-10H,4-7H2,1-3H3/t9-/m0/s1. The predicted octanol–water partition coefficient (Wildman–Crippen LogP) is 1.06. The maximum atomic E-state index is 9.24. The van der Waals surface area contributed by atoms with Crippen LogP contribution in [0, 0.1) is 5.92 Å². The van der Waals surface area contributed by atoms with Crippen LogP contribution in [-0.4, -0.2) is 37.6 Å². The van der Waals surface area contributed by atoms with Gasteiger partial charge in [-0.1, -0.05) is 13.8 Å². The summed E-state index contributed by atoms with van der Waals surface area (Å²) < 4.78 is 10.2. The van der Waals surface area contributed by atoms with Gasteiger partial charge in [0.2, 0.25) is 0 Å². The zero-order valence-corrected chi connectivity index (χ0v) is 8.25. The molecule has 3 heteroatoms. The largest absolute Gasteiger partial charge is 0.388 e. The predicted molar refractivity (Wildman–Crippen MR) is 48.2 cm³/mol. The molecule has 0 aliphatic heterocycles. The van der Waals surface area contributed by atoms with E-state index < -0.39 is 6.10 Å². The lowest BCUT2D eigenvalue weighted by Crippen LogP contribution is -2.22. The third kappa shape index (κ3) is 7.98. The van der Waals surface area contributed by atoms with Gasteiger partial charge in [0.05, 0.1) is 13.2 Å². The van der Waals surface area contributed by atoms with Gasteiger partial charge in [0, 0.05) is 13.2 Å². The fourth-order valence-corrected chi connectivity index (χ4v) is 0.742. The van der Waals surface area contributed by atoms with Crippen LogP contribution in [0.3, 0.4) is 0 Å². The Morgan fingerprint density at radius 1 is 1.08 bits per heavy atom. The molecule has 0 amide bonds. The Morgan fingerprint density at radius 2 is 1.67 bits per heavy atom. The Morgan fingerprint density at radius 3 is 2.17 bits per heavy atom. The van der Waals surface area contributed by atoms with Gasteiger partial charge in [0.15, 0.2) is 0 Å². The summed E-state index contributed by atoms with van der Waals surface area (Å²) in [6.07, 6.45) is -0.483. The van der Waals surface area contributed by atoms with E-state index in [1.54, 1.807) is 0 Å². The molecule has 0 aliphatic carbocycles. The van der Waals surface area contributed by atoms with Gasteiger partial charge in [-0.3, -0.25) is 0 Å². The van der Waals surface area contributed by atoms with E-state index in [0.29, 0.717) is 32.3 Å². The van der Waals surface area contributed by atoms with E-state index in [1.165, 1.54) is 0 Å². The van der Waals surface area contributed by atoms with Crippen LogP contribution in [0.25, 0.3) is 0 Å². The molecule has 0 aromatic heterocycles. The number of aliphatic hydroxyl groups excluding tert-OH is 1. The van der Waals surface area contributed by atoms with Crippen molar-refractivity contribution < 1.29 is 14.6 Å². The van der Waals surface area contributed by atoms with Crippen LogP contribution in [0.15, 0.2) is 0 Å². The van der Waals surface area contributed by atoms with E-state index in [1.807, 2.05) is 6.92 Å². The van der Waals surface area contributed by atoms with E-state index in [0.717, 1.165) is 0 Å². The third-order valence-corrected chi connectivity index (χ3v) is 1.28. The maximum absolute atomic E-state index is 9.24. The van der Waals surface area contributed by atoms with Crippen LogP contribution < -0.4 is 0 Å². The van der Waals surface area contributed by atoms with E-state index in [9.17, 15) is 5.11 Å². The number of hydrogen-bond acceptors (Lipinski definition) is 3. The average Bonchev–Trinajstić information content (AvgIpc) is 2.00. The molecule has 0 spiro atoms. The van der Waals surface area contributed by atoms with Crippen LogP contribution in [0.5, 0.6) is 0 Å². The Hall–Kier alpha value is -0.120. The molecule has 3 nitrogen and oxygen atoms in total. The highest BCUT2D eigenvalue weighted by Crippen LogP contribution is 1.94. The summed E-state index contributed by atoms with van der Waals surface area (Å²) in [5, 5.41) is 9.24. The molecule has 1 N–H and O–H groups in total. The number of rotatable bonds is 7. The van der Waals surface area contributed by atoms with Gasteiger partial charge in [-0.15, -0.1) is 0 Å². The fourth-order valence-electron chi connectivity index (χ4n) is 0.742. The van der Waals surface area contributed by atoms with Crippen molar-refractivity contribution in [1.82, 2.24) is 0 Å². The first-order valence-corrected chi connectivity index (χ1v) is 4.50. The van der Waals surface area contributed by atoms with Gasteiger partial charge in [-0.05, 0) is 12.8 Å². The van der Waals surface area contributed by atoms with Crippen LogP contribution in [0.2, 0.25) is 0 Å². The molecule has 0 bridgehead atoms. The molecule has 0 fully saturated rings. The normalized spacial score (nSPS) is 13.8. The zero-order chi connectivity index (χ0) is 9.40. The number of hydrogen-bond donors (Lipinski definition) is 1. The first-order chi connectivity index (χ1) is 5.66. The average molecular weight is 176 g/mol. The Kier molecular flexibility index (Phi) is 7.45. The highest BCUT2D eigenvalue weighted by molar-refractivity contribution is 4.51. The Bertz CT molecular complexity index is 93.8. The molecule has 0 rings (SSSR count). The zero-order valence-electron chi connectivity index (χ0n) is 8.25. The SMILES string of the molecule is CCOC[C@H](O)COCC(C)C. The summed E-state index contributed by atoms with van der Waals surface area (Å²) in [4.78, 5) is 0. The van der Waals surface area contributed by atoms with Crippen molar-refractivity contribution >= 4 is 0 Å². The van der Waals surface area contributed by atoms with Crippen molar-refractivity contribution in [2.75, 3.05) is 26.4 Å². The lowest BCUT2D eigenvalue weighted by Gasteiger charge is -2.12. The van der Waals surface area contributed by atoms with Crippen molar-refractivity contribution in [2.45, 2.75) is 26.9 Å². The molecule has 0 aliphatic rings. The minimum absolute atomic E-state index is 0.370. The van der Waals surface area contributed by atoms with E-state index in [4.69, 9.17) is 9.47 Å². The molecular formula is C9H20O3. The maximum Gasteiger partial charge on any atom is 0.101 e. The van der Waals surface area contributed by atoms with E-state index >= 15 is 0 Å². The third-order valence-electron chi connectivity index (χ3n) is 1.28. The molecule has 0 aromatic carbocycles.